The summed E-state index contributed by atoms with van der Waals surface area (Å²) in [6.45, 7) is 3.31. The highest BCUT2D eigenvalue weighted by Crippen LogP contribution is 2.32. The number of aliphatic hydroxyl groups excluding tert-OH is 1. The molecule has 0 aliphatic heterocycles. The summed E-state index contributed by atoms with van der Waals surface area (Å²) in [5.41, 5.74) is -0.0753. The summed E-state index contributed by atoms with van der Waals surface area (Å²) in [7, 11) is 0. The smallest absolute Gasteiger partial charge is 0.0931 e. The first-order valence-corrected chi connectivity index (χ1v) is 7.43. The molecular formula is C13H20ClNOS. The van der Waals surface area contributed by atoms with Crippen LogP contribution in [0.25, 0.3) is 0 Å². The lowest BCUT2D eigenvalue weighted by Gasteiger charge is -2.39. The summed E-state index contributed by atoms with van der Waals surface area (Å²) < 4.78 is 0.830. The van der Waals surface area contributed by atoms with E-state index in [1.54, 1.807) is 11.3 Å². The zero-order valence-corrected chi connectivity index (χ0v) is 11.8. The molecule has 4 heteroatoms. The van der Waals surface area contributed by atoms with Crippen molar-refractivity contribution in [3.05, 3.63) is 21.3 Å². The van der Waals surface area contributed by atoms with Crippen molar-refractivity contribution >= 4 is 22.9 Å². The predicted octanol–water partition coefficient (Wildman–Crippen LogP) is 3.43. The van der Waals surface area contributed by atoms with Crippen LogP contribution in [-0.4, -0.2) is 17.3 Å². The molecule has 0 bridgehead atoms. The average molecular weight is 274 g/mol. The van der Waals surface area contributed by atoms with Gasteiger partial charge in [0.2, 0.25) is 0 Å². The minimum absolute atomic E-state index is 0.0753. The Balaban J connectivity index is 1.94. The number of aliphatic hydroxyl groups is 1. The maximum Gasteiger partial charge on any atom is 0.0931 e. The molecule has 2 atom stereocenters. The van der Waals surface area contributed by atoms with Crippen LogP contribution in [0.4, 0.5) is 0 Å². The average Bonchev–Trinajstić information content (AvgIpc) is 2.73. The van der Waals surface area contributed by atoms with E-state index in [9.17, 15) is 5.11 Å². The van der Waals surface area contributed by atoms with Crippen LogP contribution in [0.15, 0.2) is 12.1 Å². The standard InChI is InChI=1S/C13H20ClNOS/c1-10-3-2-6-13(7-10,9-16)15-8-11-4-5-12(14)17-11/h4-5,10,15-16H,2-3,6-9H2,1H3. The lowest BCUT2D eigenvalue weighted by Crippen LogP contribution is -2.50. The van der Waals surface area contributed by atoms with E-state index in [0.717, 1.165) is 23.7 Å². The Bertz CT molecular complexity index is 368. The highest BCUT2D eigenvalue weighted by atomic mass is 35.5. The Morgan fingerprint density at radius 2 is 2.41 bits per heavy atom. The number of hydrogen-bond acceptors (Lipinski definition) is 3. The first kappa shape index (κ1) is 13.3. The lowest BCUT2D eigenvalue weighted by molar-refractivity contribution is 0.0985. The third-order valence-electron chi connectivity index (χ3n) is 3.66. The van der Waals surface area contributed by atoms with E-state index in [2.05, 4.69) is 18.3 Å². The maximum absolute atomic E-state index is 9.66. The molecule has 0 amide bonds. The highest BCUT2D eigenvalue weighted by molar-refractivity contribution is 7.16. The molecule has 1 saturated carbocycles. The van der Waals surface area contributed by atoms with Crippen molar-refractivity contribution in [3.8, 4) is 0 Å². The molecule has 96 valence electrons. The molecule has 0 aromatic carbocycles. The number of thiophene rings is 1. The highest BCUT2D eigenvalue weighted by Gasteiger charge is 2.33. The van der Waals surface area contributed by atoms with Crippen LogP contribution in [0.1, 0.15) is 37.5 Å². The summed E-state index contributed by atoms with van der Waals surface area (Å²) in [6, 6.07) is 3.98. The van der Waals surface area contributed by atoms with Gasteiger partial charge in [-0.25, -0.2) is 0 Å². The number of hydrogen-bond donors (Lipinski definition) is 2. The first-order chi connectivity index (χ1) is 8.13. The Morgan fingerprint density at radius 1 is 1.59 bits per heavy atom. The molecule has 1 heterocycles. The van der Waals surface area contributed by atoms with E-state index in [-0.39, 0.29) is 12.1 Å². The van der Waals surface area contributed by atoms with E-state index in [1.165, 1.54) is 17.7 Å². The molecule has 1 aromatic rings. The molecule has 1 fully saturated rings. The van der Waals surface area contributed by atoms with Crippen molar-refractivity contribution in [1.29, 1.82) is 0 Å². The Morgan fingerprint density at radius 3 is 3.00 bits per heavy atom. The molecule has 2 nitrogen and oxygen atoms in total. The molecule has 1 aliphatic rings. The Kier molecular flexibility index (Phi) is 4.47. The van der Waals surface area contributed by atoms with Gasteiger partial charge in [-0.3, -0.25) is 0 Å². The zero-order valence-electron chi connectivity index (χ0n) is 10.2. The van der Waals surface area contributed by atoms with Gasteiger partial charge in [0, 0.05) is 17.0 Å². The number of rotatable bonds is 4. The van der Waals surface area contributed by atoms with Gasteiger partial charge in [-0.15, -0.1) is 11.3 Å². The predicted molar refractivity (Wildman–Crippen MR) is 73.6 cm³/mol. The monoisotopic (exact) mass is 273 g/mol. The topological polar surface area (TPSA) is 32.3 Å². The van der Waals surface area contributed by atoms with Crippen LogP contribution in [0.3, 0.4) is 0 Å². The van der Waals surface area contributed by atoms with E-state index in [0.29, 0.717) is 5.92 Å². The van der Waals surface area contributed by atoms with Crippen LogP contribution in [0, 0.1) is 5.92 Å². The second-order valence-corrected chi connectivity index (χ2v) is 7.00. The number of nitrogens with one attached hydrogen (secondary N) is 1. The second-order valence-electron chi connectivity index (χ2n) is 5.20. The van der Waals surface area contributed by atoms with Gasteiger partial charge < -0.3 is 10.4 Å². The van der Waals surface area contributed by atoms with Gasteiger partial charge in [-0.1, -0.05) is 31.4 Å². The van der Waals surface area contributed by atoms with Gasteiger partial charge in [-0.05, 0) is 30.9 Å². The first-order valence-electron chi connectivity index (χ1n) is 6.24. The van der Waals surface area contributed by atoms with E-state index < -0.39 is 0 Å². The summed E-state index contributed by atoms with van der Waals surface area (Å²) in [5, 5.41) is 13.2. The van der Waals surface area contributed by atoms with Crippen molar-refractivity contribution in [2.75, 3.05) is 6.61 Å². The molecule has 1 aliphatic carbocycles. The summed E-state index contributed by atoms with van der Waals surface area (Å²) in [5.74, 6) is 0.704. The minimum Gasteiger partial charge on any atom is -0.394 e. The SMILES string of the molecule is CC1CCCC(CO)(NCc2ccc(Cl)s2)C1. The molecule has 0 spiro atoms. The van der Waals surface area contributed by atoms with Crippen molar-refractivity contribution in [1.82, 2.24) is 5.32 Å². The molecule has 0 radical (unpaired) electrons. The van der Waals surface area contributed by atoms with Crippen molar-refractivity contribution in [3.63, 3.8) is 0 Å². The zero-order chi connectivity index (χ0) is 12.3. The normalized spacial score (nSPS) is 29.5. The van der Waals surface area contributed by atoms with Gasteiger partial charge in [0.25, 0.3) is 0 Å². The van der Waals surface area contributed by atoms with Crippen molar-refractivity contribution in [2.45, 2.75) is 44.7 Å². The van der Waals surface area contributed by atoms with Crippen LogP contribution in [-0.2, 0) is 6.54 Å². The number of halogens is 1. The Labute approximate surface area is 112 Å². The summed E-state index contributed by atoms with van der Waals surface area (Å²) in [4.78, 5) is 1.24. The fraction of sp³-hybridized carbons (Fsp3) is 0.692. The van der Waals surface area contributed by atoms with Crippen LogP contribution < -0.4 is 5.32 Å². The molecule has 0 saturated heterocycles. The van der Waals surface area contributed by atoms with Crippen LogP contribution >= 0.6 is 22.9 Å². The van der Waals surface area contributed by atoms with Gasteiger partial charge in [0.05, 0.1) is 10.9 Å². The quantitative estimate of drug-likeness (QED) is 0.881. The third-order valence-corrected chi connectivity index (χ3v) is 4.89. The summed E-state index contributed by atoms with van der Waals surface area (Å²) >= 11 is 7.52. The van der Waals surface area contributed by atoms with E-state index in [1.807, 2.05) is 6.07 Å². The lowest BCUT2D eigenvalue weighted by atomic mass is 9.77. The van der Waals surface area contributed by atoms with E-state index in [4.69, 9.17) is 11.6 Å². The second kappa shape index (κ2) is 5.70. The van der Waals surface area contributed by atoms with Crippen LogP contribution in [0.5, 0.6) is 0 Å². The van der Waals surface area contributed by atoms with Gasteiger partial charge >= 0.3 is 0 Å². The third kappa shape index (κ3) is 3.44. The minimum atomic E-state index is -0.0753. The maximum atomic E-state index is 9.66. The Hall–Kier alpha value is -0.0900. The van der Waals surface area contributed by atoms with Gasteiger partial charge in [0.15, 0.2) is 0 Å². The van der Waals surface area contributed by atoms with E-state index >= 15 is 0 Å². The fourth-order valence-corrected chi connectivity index (χ4v) is 3.77. The largest absolute Gasteiger partial charge is 0.394 e. The molecule has 2 N–H and O–H groups in total. The molecular weight excluding hydrogens is 254 g/mol. The van der Waals surface area contributed by atoms with Crippen LogP contribution in [0.2, 0.25) is 4.34 Å². The summed E-state index contributed by atoms with van der Waals surface area (Å²) in [6.07, 6.45) is 4.64. The van der Waals surface area contributed by atoms with Crippen molar-refractivity contribution in [2.24, 2.45) is 5.92 Å². The molecule has 2 unspecified atom stereocenters. The van der Waals surface area contributed by atoms with Gasteiger partial charge in [-0.2, -0.15) is 0 Å². The van der Waals surface area contributed by atoms with Crippen molar-refractivity contribution < 1.29 is 5.11 Å². The van der Waals surface area contributed by atoms with Gasteiger partial charge in [0.1, 0.15) is 0 Å². The molecule has 1 aromatic heterocycles. The molecule has 17 heavy (non-hydrogen) atoms. The molecule has 2 rings (SSSR count). The fourth-order valence-electron chi connectivity index (χ4n) is 2.74.